The van der Waals surface area contributed by atoms with Gasteiger partial charge in [-0.25, -0.2) is 0 Å². The van der Waals surface area contributed by atoms with Gasteiger partial charge in [0.2, 0.25) is 0 Å². The Bertz CT molecular complexity index is 263. The second-order valence-electron chi connectivity index (χ2n) is 4.28. The van der Waals surface area contributed by atoms with Crippen LogP contribution in [0.3, 0.4) is 0 Å². The van der Waals surface area contributed by atoms with Gasteiger partial charge in [-0.15, -0.1) is 0 Å². The molecular weight excluding hydrogens is 182 g/mol. The van der Waals surface area contributed by atoms with Crippen LogP contribution < -0.4 is 5.73 Å². The maximum atomic E-state index is 6.06. The van der Waals surface area contributed by atoms with Crippen molar-refractivity contribution in [3.63, 3.8) is 0 Å². The van der Waals surface area contributed by atoms with Crippen LogP contribution in [0.25, 0.3) is 0 Å². The smallest absolute Gasteiger partial charge is 0.00793 e. The van der Waals surface area contributed by atoms with Gasteiger partial charge in [0, 0.05) is 6.04 Å². The van der Waals surface area contributed by atoms with E-state index in [9.17, 15) is 0 Å². The number of hydrogen-bond acceptors (Lipinski definition) is 1. The van der Waals surface area contributed by atoms with Crippen LogP contribution in [0.15, 0.2) is 24.3 Å². The van der Waals surface area contributed by atoms with Gasteiger partial charge >= 0.3 is 0 Å². The fourth-order valence-electron chi connectivity index (χ4n) is 1.78. The molecule has 0 saturated heterocycles. The molecule has 0 amide bonds. The number of nitrogens with two attached hydrogens (primary N) is 1. The second-order valence-corrected chi connectivity index (χ2v) is 4.28. The van der Waals surface area contributed by atoms with Crippen molar-refractivity contribution in [2.75, 3.05) is 0 Å². The number of benzene rings is 1. The Balaban J connectivity index is 2.42. The Morgan fingerprint density at radius 1 is 1.07 bits per heavy atom. The molecule has 1 aromatic carbocycles. The van der Waals surface area contributed by atoms with E-state index in [1.54, 1.807) is 0 Å². The highest BCUT2D eigenvalue weighted by Crippen LogP contribution is 2.09. The van der Waals surface area contributed by atoms with Crippen LogP contribution in [0.1, 0.15) is 44.2 Å². The number of aryl methyl sites for hydroxylation is 1. The molecule has 0 aliphatic rings. The fourth-order valence-corrected chi connectivity index (χ4v) is 1.78. The average Bonchev–Trinajstić information content (AvgIpc) is 2.27. The predicted octanol–water partition coefficient (Wildman–Crippen LogP) is 3.31. The molecule has 1 nitrogen and oxygen atoms in total. The molecule has 0 radical (unpaired) electrons. The summed E-state index contributed by atoms with van der Waals surface area (Å²) in [5, 5.41) is 0. The molecule has 84 valence electrons. The lowest BCUT2D eigenvalue weighted by Gasteiger charge is -2.11. The lowest BCUT2D eigenvalue weighted by molar-refractivity contribution is 0.574. The van der Waals surface area contributed by atoms with Crippen LogP contribution in [-0.4, -0.2) is 6.04 Å². The summed E-state index contributed by atoms with van der Waals surface area (Å²) >= 11 is 0. The summed E-state index contributed by atoms with van der Waals surface area (Å²) in [6, 6.07) is 9.18. The van der Waals surface area contributed by atoms with Crippen molar-refractivity contribution in [2.45, 2.75) is 52.0 Å². The van der Waals surface area contributed by atoms with E-state index in [0.29, 0.717) is 6.04 Å². The molecule has 0 aliphatic carbocycles. The molecule has 0 aliphatic heterocycles. The second kappa shape index (κ2) is 6.62. The Kier molecular flexibility index (Phi) is 5.41. The van der Waals surface area contributed by atoms with Crippen molar-refractivity contribution in [1.82, 2.24) is 0 Å². The van der Waals surface area contributed by atoms with Gasteiger partial charge in [0.1, 0.15) is 0 Å². The largest absolute Gasteiger partial charge is 0.327 e. The van der Waals surface area contributed by atoms with E-state index in [0.717, 1.165) is 19.3 Å². The van der Waals surface area contributed by atoms with Crippen LogP contribution in [0, 0.1) is 0 Å². The SMILES string of the molecule is CCCCC(N)Cc1ccc(CC)cc1. The summed E-state index contributed by atoms with van der Waals surface area (Å²) in [5.74, 6) is 0. The predicted molar refractivity (Wildman–Crippen MR) is 67.0 cm³/mol. The molecule has 1 heteroatoms. The van der Waals surface area contributed by atoms with Gasteiger partial charge in [-0.3, -0.25) is 0 Å². The zero-order valence-corrected chi connectivity index (χ0v) is 10.00. The van der Waals surface area contributed by atoms with Crippen LogP contribution in [0.2, 0.25) is 0 Å². The third-order valence-electron chi connectivity index (χ3n) is 2.86. The number of rotatable bonds is 6. The molecule has 0 fully saturated rings. The topological polar surface area (TPSA) is 26.0 Å². The summed E-state index contributed by atoms with van der Waals surface area (Å²) < 4.78 is 0. The average molecular weight is 205 g/mol. The third kappa shape index (κ3) is 4.48. The summed E-state index contributed by atoms with van der Waals surface area (Å²) in [6.07, 6.45) is 5.76. The van der Waals surface area contributed by atoms with Crippen LogP contribution in [-0.2, 0) is 12.8 Å². The standard InChI is InChI=1S/C14H23N/c1-3-5-6-14(15)11-13-9-7-12(4-2)8-10-13/h7-10,14H,3-6,11,15H2,1-2H3. The molecule has 15 heavy (non-hydrogen) atoms. The van der Waals surface area contributed by atoms with Crippen molar-refractivity contribution in [3.8, 4) is 0 Å². The van der Waals surface area contributed by atoms with Crippen LogP contribution in [0.4, 0.5) is 0 Å². The van der Waals surface area contributed by atoms with Gasteiger partial charge in [-0.2, -0.15) is 0 Å². The molecular formula is C14H23N. The summed E-state index contributed by atoms with van der Waals surface area (Å²) in [7, 11) is 0. The van der Waals surface area contributed by atoms with E-state index >= 15 is 0 Å². The monoisotopic (exact) mass is 205 g/mol. The third-order valence-corrected chi connectivity index (χ3v) is 2.86. The lowest BCUT2D eigenvalue weighted by atomic mass is 10.0. The van der Waals surface area contributed by atoms with Crippen molar-refractivity contribution >= 4 is 0 Å². The Hall–Kier alpha value is -0.820. The minimum Gasteiger partial charge on any atom is -0.327 e. The molecule has 0 heterocycles. The van der Waals surface area contributed by atoms with Gasteiger partial charge in [-0.1, -0.05) is 51.0 Å². The molecule has 0 saturated carbocycles. The first-order chi connectivity index (χ1) is 7.26. The summed E-state index contributed by atoms with van der Waals surface area (Å²) in [5.41, 5.74) is 8.84. The molecule has 1 aromatic rings. The zero-order chi connectivity index (χ0) is 11.1. The number of unbranched alkanes of at least 4 members (excludes halogenated alkanes) is 1. The first-order valence-corrected chi connectivity index (χ1v) is 6.09. The quantitative estimate of drug-likeness (QED) is 0.757. The van der Waals surface area contributed by atoms with Gasteiger partial charge < -0.3 is 5.73 Å². The fraction of sp³-hybridized carbons (Fsp3) is 0.571. The maximum absolute atomic E-state index is 6.06. The molecule has 1 unspecified atom stereocenters. The minimum absolute atomic E-state index is 0.331. The Labute approximate surface area is 93.7 Å². The molecule has 0 spiro atoms. The summed E-state index contributed by atoms with van der Waals surface area (Å²) in [6.45, 7) is 4.39. The van der Waals surface area contributed by atoms with Crippen LogP contribution >= 0.6 is 0 Å². The van der Waals surface area contributed by atoms with E-state index in [4.69, 9.17) is 5.73 Å². The Morgan fingerprint density at radius 3 is 2.20 bits per heavy atom. The normalized spacial score (nSPS) is 12.7. The summed E-state index contributed by atoms with van der Waals surface area (Å²) in [4.78, 5) is 0. The molecule has 2 N–H and O–H groups in total. The highest BCUT2D eigenvalue weighted by molar-refractivity contribution is 5.23. The van der Waals surface area contributed by atoms with Gasteiger partial charge in [0.25, 0.3) is 0 Å². The van der Waals surface area contributed by atoms with E-state index in [-0.39, 0.29) is 0 Å². The van der Waals surface area contributed by atoms with Crippen molar-refractivity contribution in [2.24, 2.45) is 5.73 Å². The van der Waals surface area contributed by atoms with Crippen molar-refractivity contribution < 1.29 is 0 Å². The van der Waals surface area contributed by atoms with E-state index in [2.05, 4.69) is 38.1 Å². The first-order valence-electron chi connectivity index (χ1n) is 6.09. The van der Waals surface area contributed by atoms with Crippen molar-refractivity contribution in [3.05, 3.63) is 35.4 Å². The van der Waals surface area contributed by atoms with E-state index in [1.807, 2.05) is 0 Å². The highest BCUT2D eigenvalue weighted by atomic mass is 14.6. The zero-order valence-electron chi connectivity index (χ0n) is 10.00. The molecule has 1 rings (SSSR count). The molecule has 0 bridgehead atoms. The Morgan fingerprint density at radius 2 is 1.67 bits per heavy atom. The van der Waals surface area contributed by atoms with Crippen molar-refractivity contribution in [1.29, 1.82) is 0 Å². The van der Waals surface area contributed by atoms with E-state index in [1.165, 1.54) is 24.0 Å². The van der Waals surface area contributed by atoms with Crippen LogP contribution in [0.5, 0.6) is 0 Å². The minimum atomic E-state index is 0.331. The van der Waals surface area contributed by atoms with Gasteiger partial charge in [0.05, 0.1) is 0 Å². The van der Waals surface area contributed by atoms with E-state index < -0.39 is 0 Å². The highest BCUT2D eigenvalue weighted by Gasteiger charge is 2.03. The molecule has 1 atom stereocenters. The lowest BCUT2D eigenvalue weighted by Crippen LogP contribution is -2.22. The van der Waals surface area contributed by atoms with Gasteiger partial charge in [-0.05, 0) is 30.4 Å². The number of hydrogen-bond donors (Lipinski definition) is 1. The van der Waals surface area contributed by atoms with Gasteiger partial charge in [0.15, 0.2) is 0 Å². The first kappa shape index (κ1) is 12.3. The maximum Gasteiger partial charge on any atom is 0.00793 e. The molecule has 0 aromatic heterocycles.